The fourth-order valence-corrected chi connectivity index (χ4v) is 0.192. The van der Waals surface area contributed by atoms with Gasteiger partial charge in [-0.25, -0.2) is 0 Å². The molecule has 0 N–H and O–H groups in total. The summed E-state index contributed by atoms with van der Waals surface area (Å²) < 4.78 is 0. The molecular weight excluding hydrogens is 90.1 g/mol. The van der Waals surface area contributed by atoms with Gasteiger partial charge < -0.3 is 0 Å². The topological polar surface area (TPSA) is 29.4 Å². The zero-order valence-electron chi connectivity index (χ0n) is 4.42. The highest BCUT2D eigenvalue weighted by Crippen LogP contribution is 1.93. The third-order valence-electron chi connectivity index (χ3n) is 0.765. The van der Waals surface area contributed by atoms with Gasteiger partial charge in [0.2, 0.25) is 0 Å². The Bertz CT molecular complexity index is 70.5. The third kappa shape index (κ3) is 3.16. The molecule has 0 aromatic rings. The molecule has 1 atom stereocenters. The fraction of sp³-hybridized carbons (Fsp3) is 0.600. The molecule has 2 heteroatoms. The smallest absolute Gasteiger partial charge is 0.0870 e. The van der Waals surface area contributed by atoms with E-state index in [2.05, 4.69) is 11.8 Å². The lowest BCUT2D eigenvalue weighted by atomic mass is 10.2. The maximum Gasteiger partial charge on any atom is 0.0870 e. The molecule has 0 amide bonds. The van der Waals surface area contributed by atoms with Gasteiger partial charge in [0.05, 0.1) is 6.54 Å². The molecule has 0 aliphatic rings. The van der Waals surface area contributed by atoms with Gasteiger partial charge in [-0.05, 0) is 5.92 Å². The van der Waals surface area contributed by atoms with Crippen molar-refractivity contribution < 1.29 is 0 Å². The number of hydrogen-bond acceptors (Lipinski definition) is 2. The van der Waals surface area contributed by atoms with Crippen LogP contribution in [0.5, 0.6) is 0 Å². The highest BCUT2D eigenvalue weighted by atomic mass is 16.3. The molecule has 40 valence electrons. The Morgan fingerprint density at radius 1 is 2.00 bits per heavy atom. The summed E-state index contributed by atoms with van der Waals surface area (Å²) in [7, 11) is 0. The number of hydrogen-bond donors (Lipinski definition) is 0. The molecule has 0 aromatic carbocycles. The van der Waals surface area contributed by atoms with Crippen LogP contribution in [0.4, 0.5) is 0 Å². The van der Waals surface area contributed by atoms with Gasteiger partial charge in [0.1, 0.15) is 0 Å². The fourth-order valence-electron chi connectivity index (χ4n) is 0.192. The maximum atomic E-state index is 9.48. The standard InChI is InChI=1S/C5H9NO/c1-3-5(2)4-6-7/h3,5H,1,4H2,2H3. The van der Waals surface area contributed by atoms with E-state index < -0.39 is 0 Å². The Hall–Kier alpha value is -0.660. The minimum Gasteiger partial charge on any atom is -0.151 e. The molecule has 0 aromatic heterocycles. The third-order valence-corrected chi connectivity index (χ3v) is 0.765. The predicted molar refractivity (Wildman–Crippen MR) is 30.0 cm³/mol. The van der Waals surface area contributed by atoms with Crippen molar-refractivity contribution in [1.29, 1.82) is 0 Å². The van der Waals surface area contributed by atoms with Crippen LogP contribution in [0.15, 0.2) is 17.8 Å². The lowest BCUT2D eigenvalue weighted by Crippen LogP contribution is -1.90. The number of rotatable bonds is 3. The number of nitroso groups, excluding NO2 is 1. The first kappa shape index (κ1) is 6.34. The van der Waals surface area contributed by atoms with E-state index in [1.165, 1.54) is 0 Å². The first-order valence-electron chi connectivity index (χ1n) is 2.23. The molecule has 2 nitrogen and oxygen atoms in total. The van der Waals surface area contributed by atoms with Crippen molar-refractivity contribution in [3.05, 3.63) is 17.6 Å². The summed E-state index contributed by atoms with van der Waals surface area (Å²) in [5.74, 6) is 0.234. The Morgan fingerprint density at radius 3 is 2.71 bits per heavy atom. The van der Waals surface area contributed by atoms with Crippen molar-refractivity contribution in [2.24, 2.45) is 11.1 Å². The summed E-state index contributed by atoms with van der Waals surface area (Å²) >= 11 is 0. The van der Waals surface area contributed by atoms with Crippen LogP contribution in [-0.2, 0) is 0 Å². The van der Waals surface area contributed by atoms with E-state index in [9.17, 15) is 4.91 Å². The highest BCUT2D eigenvalue weighted by Gasteiger charge is 1.90. The Balaban J connectivity index is 3.15. The Kier molecular flexibility index (Phi) is 3.19. The van der Waals surface area contributed by atoms with E-state index in [1.54, 1.807) is 6.08 Å². The zero-order chi connectivity index (χ0) is 5.70. The number of nitrogens with zero attached hydrogens (tertiary/aromatic N) is 1. The van der Waals surface area contributed by atoms with E-state index in [1.807, 2.05) is 6.92 Å². The predicted octanol–water partition coefficient (Wildman–Crippen LogP) is 1.57. The van der Waals surface area contributed by atoms with Gasteiger partial charge in [0.15, 0.2) is 0 Å². The molecular formula is C5H9NO. The second kappa shape index (κ2) is 3.53. The van der Waals surface area contributed by atoms with Crippen molar-refractivity contribution in [3.8, 4) is 0 Å². The largest absolute Gasteiger partial charge is 0.151 e. The van der Waals surface area contributed by atoms with Gasteiger partial charge in [0, 0.05) is 0 Å². The first-order chi connectivity index (χ1) is 3.31. The van der Waals surface area contributed by atoms with Crippen LogP contribution in [0.1, 0.15) is 6.92 Å². The average molecular weight is 99.1 g/mol. The van der Waals surface area contributed by atoms with Gasteiger partial charge in [0.25, 0.3) is 0 Å². The van der Waals surface area contributed by atoms with E-state index >= 15 is 0 Å². The molecule has 7 heavy (non-hydrogen) atoms. The van der Waals surface area contributed by atoms with Gasteiger partial charge in [-0.15, -0.1) is 6.58 Å². The van der Waals surface area contributed by atoms with Gasteiger partial charge >= 0.3 is 0 Å². The molecule has 0 spiro atoms. The maximum absolute atomic E-state index is 9.48. The lowest BCUT2D eigenvalue weighted by Gasteiger charge is -1.92. The van der Waals surface area contributed by atoms with Crippen LogP contribution in [0.3, 0.4) is 0 Å². The molecule has 0 bridgehead atoms. The van der Waals surface area contributed by atoms with E-state index in [0.29, 0.717) is 6.54 Å². The van der Waals surface area contributed by atoms with Crippen molar-refractivity contribution in [2.45, 2.75) is 6.92 Å². The minimum absolute atomic E-state index is 0.234. The highest BCUT2D eigenvalue weighted by molar-refractivity contribution is 4.75. The second-order valence-corrected chi connectivity index (χ2v) is 1.52. The summed E-state index contributed by atoms with van der Waals surface area (Å²) in [4.78, 5) is 9.48. The molecule has 0 saturated heterocycles. The van der Waals surface area contributed by atoms with Crippen LogP contribution in [0.2, 0.25) is 0 Å². The van der Waals surface area contributed by atoms with Crippen molar-refractivity contribution in [3.63, 3.8) is 0 Å². The molecule has 0 radical (unpaired) electrons. The Morgan fingerprint density at radius 2 is 2.57 bits per heavy atom. The monoisotopic (exact) mass is 99.1 g/mol. The van der Waals surface area contributed by atoms with Gasteiger partial charge in [-0.3, -0.25) is 0 Å². The second-order valence-electron chi connectivity index (χ2n) is 1.52. The molecule has 1 unspecified atom stereocenters. The summed E-state index contributed by atoms with van der Waals surface area (Å²) in [6.45, 7) is 5.73. The van der Waals surface area contributed by atoms with Gasteiger partial charge in [-0.2, -0.15) is 4.91 Å². The van der Waals surface area contributed by atoms with Crippen molar-refractivity contribution in [2.75, 3.05) is 6.54 Å². The molecule has 0 fully saturated rings. The van der Waals surface area contributed by atoms with Crippen LogP contribution in [0.25, 0.3) is 0 Å². The van der Waals surface area contributed by atoms with Crippen LogP contribution < -0.4 is 0 Å². The zero-order valence-corrected chi connectivity index (χ0v) is 4.42. The lowest BCUT2D eigenvalue weighted by molar-refractivity contribution is 0.739. The summed E-state index contributed by atoms with van der Waals surface area (Å²) in [5.41, 5.74) is 0. The Labute approximate surface area is 43.2 Å². The van der Waals surface area contributed by atoms with E-state index in [4.69, 9.17) is 0 Å². The van der Waals surface area contributed by atoms with Crippen LogP contribution >= 0.6 is 0 Å². The first-order valence-corrected chi connectivity index (χ1v) is 2.23. The molecule has 0 aliphatic carbocycles. The SMILES string of the molecule is C=CC(C)CN=O. The molecule has 0 heterocycles. The minimum atomic E-state index is 0.234. The average Bonchev–Trinajstić information content (AvgIpc) is 1.68. The van der Waals surface area contributed by atoms with E-state index in [0.717, 1.165) is 0 Å². The summed E-state index contributed by atoms with van der Waals surface area (Å²) in [6.07, 6.45) is 1.71. The van der Waals surface area contributed by atoms with Crippen LogP contribution in [-0.4, -0.2) is 6.54 Å². The van der Waals surface area contributed by atoms with Gasteiger partial charge in [-0.1, -0.05) is 18.2 Å². The summed E-state index contributed by atoms with van der Waals surface area (Å²) in [5, 5.41) is 2.69. The molecule has 0 saturated carbocycles. The van der Waals surface area contributed by atoms with Crippen molar-refractivity contribution in [1.82, 2.24) is 0 Å². The molecule has 0 rings (SSSR count). The van der Waals surface area contributed by atoms with Crippen LogP contribution in [0, 0.1) is 10.8 Å². The quantitative estimate of drug-likeness (QED) is 0.390. The normalized spacial score (nSPS) is 12.7. The van der Waals surface area contributed by atoms with Crippen molar-refractivity contribution >= 4 is 0 Å². The summed E-state index contributed by atoms with van der Waals surface area (Å²) in [6, 6.07) is 0. The van der Waals surface area contributed by atoms with E-state index in [-0.39, 0.29) is 5.92 Å². The molecule has 0 aliphatic heterocycles.